The molecular weight excluding hydrogens is 306 g/mol. The van der Waals surface area contributed by atoms with Crippen molar-refractivity contribution in [3.63, 3.8) is 0 Å². The molecule has 0 fully saturated rings. The predicted octanol–water partition coefficient (Wildman–Crippen LogP) is 3.71. The highest BCUT2D eigenvalue weighted by Crippen LogP contribution is 2.28. The van der Waals surface area contributed by atoms with Crippen molar-refractivity contribution in [3.05, 3.63) is 35.1 Å². The summed E-state index contributed by atoms with van der Waals surface area (Å²) in [6.45, 7) is 5.24. The Balaban J connectivity index is 2.27. The van der Waals surface area contributed by atoms with Gasteiger partial charge in [-0.15, -0.1) is 0 Å². The molecule has 102 valence electrons. The van der Waals surface area contributed by atoms with Crippen LogP contribution >= 0.6 is 15.9 Å². The topological polar surface area (TPSA) is 39.1 Å². The van der Waals surface area contributed by atoms with Crippen molar-refractivity contribution in [2.75, 3.05) is 19.0 Å². The molecule has 0 aliphatic rings. The van der Waals surface area contributed by atoms with E-state index in [-0.39, 0.29) is 0 Å². The molecule has 5 heteroatoms. The SMILES string of the molecule is COc1ccc(-n2ccnc2NCC(C)C)cc1Br. The molecule has 0 aliphatic carbocycles. The molecule has 0 bridgehead atoms. The Hall–Kier alpha value is -1.49. The van der Waals surface area contributed by atoms with Gasteiger partial charge < -0.3 is 10.1 Å². The third-order valence-electron chi connectivity index (χ3n) is 2.72. The maximum Gasteiger partial charge on any atom is 0.207 e. The van der Waals surface area contributed by atoms with Crippen LogP contribution in [-0.2, 0) is 0 Å². The Kier molecular flexibility index (Phi) is 4.47. The van der Waals surface area contributed by atoms with E-state index in [0.29, 0.717) is 5.92 Å². The number of halogens is 1. The summed E-state index contributed by atoms with van der Waals surface area (Å²) in [5, 5.41) is 3.34. The number of ether oxygens (including phenoxy) is 1. The quantitative estimate of drug-likeness (QED) is 0.911. The van der Waals surface area contributed by atoms with Gasteiger partial charge in [-0.05, 0) is 40.0 Å². The first-order valence-electron chi connectivity index (χ1n) is 6.23. The van der Waals surface area contributed by atoms with E-state index in [9.17, 15) is 0 Å². The molecule has 0 amide bonds. The number of nitrogens with one attached hydrogen (secondary N) is 1. The van der Waals surface area contributed by atoms with E-state index < -0.39 is 0 Å². The Morgan fingerprint density at radius 2 is 2.21 bits per heavy atom. The minimum Gasteiger partial charge on any atom is -0.496 e. The molecule has 0 saturated carbocycles. The summed E-state index contributed by atoms with van der Waals surface area (Å²) in [6, 6.07) is 5.96. The fraction of sp³-hybridized carbons (Fsp3) is 0.357. The third kappa shape index (κ3) is 3.29. The molecule has 0 aliphatic heterocycles. The van der Waals surface area contributed by atoms with Crippen molar-refractivity contribution in [2.24, 2.45) is 5.92 Å². The van der Waals surface area contributed by atoms with Gasteiger partial charge in [0.15, 0.2) is 0 Å². The molecule has 0 radical (unpaired) electrons. The molecule has 4 nitrogen and oxygen atoms in total. The Morgan fingerprint density at radius 3 is 2.84 bits per heavy atom. The highest BCUT2D eigenvalue weighted by molar-refractivity contribution is 9.10. The van der Waals surface area contributed by atoms with Gasteiger partial charge in [0.2, 0.25) is 5.95 Å². The van der Waals surface area contributed by atoms with Crippen LogP contribution < -0.4 is 10.1 Å². The van der Waals surface area contributed by atoms with E-state index in [4.69, 9.17) is 4.74 Å². The summed E-state index contributed by atoms with van der Waals surface area (Å²) in [5.41, 5.74) is 1.04. The Morgan fingerprint density at radius 1 is 1.42 bits per heavy atom. The standard InChI is InChI=1S/C14H18BrN3O/c1-10(2)9-17-14-16-6-7-18(14)11-4-5-13(19-3)12(15)8-11/h4-8,10H,9H2,1-3H3,(H,16,17). The van der Waals surface area contributed by atoms with E-state index in [2.05, 4.69) is 40.1 Å². The highest BCUT2D eigenvalue weighted by Gasteiger charge is 2.07. The van der Waals surface area contributed by atoms with Crippen molar-refractivity contribution in [2.45, 2.75) is 13.8 Å². The molecule has 0 saturated heterocycles. The van der Waals surface area contributed by atoms with Crippen LogP contribution in [0.15, 0.2) is 35.1 Å². The maximum absolute atomic E-state index is 5.24. The molecule has 2 aromatic rings. The molecule has 0 spiro atoms. The Labute approximate surface area is 121 Å². The van der Waals surface area contributed by atoms with Crippen LogP contribution in [0, 0.1) is 5.92 Å². The fourth-order valence-corrected chi connectivity index (χ4v) is 2.27. The lowest BCUT2D eigenvalue weighted by Crippen LogP contribution is -2.12. The van der Waals surface area contributed by atoms with Gasteiger partial charge in [-0.1, -0.05) is 13.8 Å². The molecule has 0 unspecified atom stereocenters. The van der Waals surface area contributed by atoms with Crippen molar-refractivity contribution in [1.82, 2.24) is 9.55 Å². The first kappa shape index (κ1) is 13.9. The number of imidazole rings is 1. The Bertz CT molecular complexity index is 551. The zero-order chi connectivity index (χ0) is 13.8. The minimum atomic E-state index is 0.577. The number of nitrogens with zero attached hydrogens (tertiary/aromatic N) is 2. The summed E-state index contributed by atoms with van der Waals surface area (Å²) in [6.07, 6.45) is 3.73. The van der Waals surface area contributed by atoms with Crippen LogP contribution in [-0.4, -0.2) is 23.2 Å². The molecule has 1 aromatic heterocycles. The summed E-state index contributed by atoms with van der Waals surface area (Å²) in [4.78, 5) is 4.34. The lowest BCUT2D eigenvalue weighted by atomic mass is 10.2. The largest absolute Gasteiger partial charge is 0.496 e. The number of anilines is 1. The number of aromatic nitrogens is 2. The number of rotatable bonds is 5. The summed E-state index contributed by atoms with van der Waals surface area (Å²) >= 11 is 3.50. The molecule has 19 heavy (non-hydrogen) atoms. The van der Waals surface area contributed by atoms with Crippen LogP contribution in [0.5, 0.6) is 5.75 Å². The second-order valence-electron chi connectivity index (χ2n) is 4.71. The van der Waals surface area contributed by atoms with Gasteiger partial charge in [0.25, 0.3) is 0 Å². The number of methoxy groups -OCH3 is 1. The summed E-state index contributed by atoms with van der Waals surface area (Å²) < 4.78 is 8.19. The second-order valence-corrected chi connectivity index (χ2v) is 5.57. The molecular formula is C14H18BrN3O. The van der Waals surface area contributed by atoms with E-state index in [1.807, 2.05) is 29.0 Å². The second kappa shape index (κ2) is 6.10. The van der Waals surface area contributed by atoms with Gasteiger partial charge in [0.05, 0.1) is 11.6 Å². The smallest absolute Gasteiger partial charge is 0.207 e. The van der Waals surface area contributed by atoms with Gasteiger partial charge in [-0.3, -0.25) is 4.57 Å². The summed E-state index contributed by atoms with van der Waals surface area (Å²) in [7, 11) is 1.66. The van der Waals surface area contributed by atoms with Crippen molar-refractivity contribution in [1.29, 1.82) is 0 Å². The van der Waals surface area contributed by atoms with E-state index in [1.165, 1.54) is 0 Å². The van der Waals surface area contributed by atoms with Gasteiger partial charge in [-0.25, -0.2) is 4.98 Å². The third-order valence-corrected chi connectivity index (χ3v) is 3.34. The van der Waals surface area contributed by atoms with Crippen LogP contribution in [0.3, 0.4) is 0 Å². The maximum atomic E-state index is 5.24. The molecule has 0 atom stereocenters. The molecule has 1 aromatic carbocycles. The van der Waals surface area contributed by atoms with Crippen LogP contribution in [0.1, 0.15) is 13.8 Å². The average molecular weight is 324 g/mol. The van der Waals surface area contributed by atoms with Gasteiger partial charge in [-0.2, -0.15) is 0 Å². The molecule has 1 N–H and O–H groups in total. The van der Waals surface area contributed by atoms with Crippen LogP contribution in [0.2, 0.25) is 0 Å². The van der Waals surface area contributed by atoms with Crippen molar-refractivity contribution < 1.29 is 4.74 Å². The minimum absolute atomic E-state index is 0.577. The number of benzene rings is 1. The normalized spacial score (nSPS) is 10.8. The lowest BCUT2D eigenvalue weighted by molar-refractivity contribution is 0.412. The highest BCUT2D eigenvalue weighted by atomic mass is 79.9. The van der Waals surface area contributed by atoms with Crippen LogP contribution in [0.4, 0.5) is 5.95 Å². The van der Waals surface area contributed by atoms with Gasteiger partial charge in [0, 0.05) is 24.6 Å². The number of hydrogen-bond donors (Lipinski definition) is 1. The predicted molar refractivity (Wildman–Crippen MR) is 81.1 cm³/mol. The fourth-order valence-electron chi connectivity index (χ4n) is 1.74. The monoisotopic (exact) mass is 323 g/mol. The average Bonchev–Trinajstić information content (AvgIpc) is 2.84. The van der Waals surface area contributed by atoms with E-state index >= 15 is 0 Å². The van der Waals surface area contributed by atoms with Gasteiger partial charge >= 0.3 is 0 Å². The van der Waals surface area contributed by atoms with Crippen molar-refractivity contribution >= 4 is 21.9 Å². The van der Waals surface area contributed by atoms with E-state index in [0.717, 1.165) is 28.4 Å². The summed E-state index contributed by atoms with van der Waals surface area (Å²) in [5.74, 6) is 2.25. The van der Waals surface area contributed by atoms with Gasteiger partial charge in [0.1, 0.15) is 5.75 Å². The zero-order valence-corrected chi connectivity index (χ0v) is 12.9. The molecule has 2 rings (SSSR count). The number of hydrogen-bond acceptors (Lipinski definition) is 3. The first-order chi connectivity index (χ1) is 9.11. The van der Waals surface area contributed by atoms with Crippen LogP contribution in [0.25, 0.3) is 5.69 Å². The van der Waals surface area contributed by atoms with Crippen molar-refractivity contribution in [3.8, 4) is 11.4 Å². The first-order valence-corrected chi connectivity index (χ1v) is 7.02. The van der Waals surface area contributed by atoms with E-state index in [1.54, 1.807) is 13.3 Å². The zero-order valence-electron chi connectivity index (χ0n) is 11.4. The lowest BCUT2D eigenvalue weighted by Gasteiger charge is -2.12. The molecule has 1 heterocycles.